The Labute approximate surface area is 122 Å². The van der Waals surface area contributed by atoms with Gasteiger partial charge in [0.2, 0.25) is 0 Å². The van der Waals surface area contributed by atoms with Crippen molar-refractivity contribution in [1.29, 1.82) is 0 Å². The second-order valence-corrected chi connectivity index (χ2v) is 5.46. The van der Waals surface area contributed by atoms with Crippen molar-refractivity contribution in [3.05, 3.63) is 50.5 Å². The number of nitrogens with two attached hydrogens (primary N) is 1. The molecule has 1 aromatic carbocycles. The molecule has 106 valence electrons. The van der Waals surface area contributed by atoms with Crippen LogP contribution in [0.25, 0.3) is 0 Å². The van der Waals surface area contributed by atoms with Gasteiger partial charge in [0.05, 0.1) is 17.0 Å². The van der Waals surface area contributed by atoms with Crippen LogP contribution in [0.4, 0.5) is 10.8 Å². The molecule has 2 heterocycles. The third-order valence-corrected chi connectivity index (χ3v) is 3.87. The highest BCUT2D eigenvalue weighted by Gasteiger charge is 2.40. The van der Waals surface area contributed by atoms with Gasteiger partial charge in [0.1, 0.15) is 5.56 Å². The first-order chi connectivity index (χ1) is 9.99. The maximum absolute atomic E-state index is 12.3. The number of imide groups is 1. The first-order valence-electron chi connectivity index (χ1n) is 5.83. The number of carbonyl (C=O) groups is 2. The summed E-state index contributed by atoms with van der Waals surface area (Å²) in [5.41, 5.74) is 5.02. The molecular weight excluding hydrogens is 296 g/mol. The van der Waals surface area contributed by atoms with Gasteiger partial charge in [-0.15, -0.1) is 11.3 Å². The lowest BCUT2D eigenvalue weighted by atomic mass is 10.1. The van der Waals surface area contributed by atoms with E-state index in [1.807, 2.05) is 0 Å². The number of amides is 2. The number of fused-ring (bicyclic) bond motifs is 1. The molecule has 1 aliphatic heterocycles. The number of nitro groups is 1. The Kier molecular flexibility index (Phi) is 2.91. The van der Waals surface area contributed by atoms with Crippen molar-refractivity contribution in [3.8, 4) is 0 Å². The first-order valence-corrected chi connectivity index (χ1v) is 6.64. The van der Waals surface area contributed by atoms with E-state index in [-0.39, 0.29) is 23.4 Å². The van der Waals surface area contributed by atoms with E-state index < -0.39 is 16.7 Å². The molecule has 21 heavy (non-hydrogen) atoms. The van der Waals surface area contributed by atoms with E-state index in [1.165, 1.54) is 24.4 Å². The third-order valence-electron chi connectivity index (χ3n) is 3.06. The van der Waals surface area contributed by atoms with Crippen LogP contribution in [0.5, 0.6) is 0 Å². The van der Waals surface area contributed by atoms with Crippen molar-refractivity contribution in [2.45, 2.75) is 6.54 Å². The normalized spacial score (nSPS) is 13.6. The predicted molar refractivity (Wildman–Crippen MR) is 73.8 cm³/mol. The summed E-state index contributed by atoms with van der Waals surface area (Å²) < 4.78 is 0. The Morgan fingerprint density at radius 2 is 2.10 bits per heavy atom. The van der Waals surface area contributed by atoms with Crippen LogP contribution in [0.1, 0.15) is 25.6 Å². The van der Waals surface area contributed by atoms with Gasteiger partial charge in [-0.25, -0.2) is 4.98 Å². The van der Waals surface area contributed by atoms with E-state index in [4.69, 9.17) is 5.73 Å². The standard InChI is InChI=1S/C12H8N4O4S/c13-12-14-4-6(21-12)5-15-10(17)7-2-1-3-8(16(19)20)9(7)11(15)18/h1-4H,5H2,(H2,13,14). The zero-order valence-corrected chi connectivity index (χ0v) is 11.3. The fraction of sp³-hybridized carbons (Fsp3) is 0.0833. The van der Waals surface area contributed by atoms with Gasteiger partial charge in [0, 0.05) is 17.1 Å². The van der Waals surface area contributed by atoms with Crippen molar-refractivity contribution in [2.75, 3.05) is 5.73 Å². The van der Waals surface area contributed by atoms with Gasteiger partial charge in [-0.3, -0.25) is 24.6 Å². The molecule has 2 aromatic rings. The van der Waals surface area contributed by atoms with Crippen LogP contribution < -0.4 is 5.73 Å². The number of nitrogens with zero attached hydrogens (tertiary/aromatic N) is 3. The molecule has 0 radical (unpaired) electrons. The maximum atomic E-state index is 12.3. The van der Waals surface area contributed by atoms with Gasteiger partial charge in [0.25, 0.3) is 17.5 Å². The summed E-state index contributed by atoms with van der Waals surface area (Å²) in [7, 11) is 0. The summed E-state index contributed by atoms with van der Waals surface area (Å²) in [6, 6.07) is 4.00. The average molecular weight is 304 g/mol. The lowest BCUT2D eigenvalue weighted by Crippen LogP contribution is -2.28. The molecule has 2 amide bonds. The van der Waals surface area contributed by atoms with Gasteiger partial charge in [-0.1, -0.05) is 6.07 Å². The molecule has 2 N–H and O–H groups in total. The number of benzene rings is 1. The molecule has 0 spiro atoms. The summed E-state index contributed by atoms with van der Waals surface area (Å²) in [5.74, 6) is -1.22. The molecule has 0 atom stereocenters. The van der Waals surface area contributed by atoms with Crippen molar-refractivity contribution < 1.29 is 14.5 Å². The number of aromatic nitrogens is 1. The Morgan fingerprint density at radius 3 is 2.71 bits per heavy atom. The molecule has 1 aromatic heterocycles. The van der Waals surface area contributed by atoms with Crippen LogP contribution in [0.2, 0.25) is 0 Å². The number of nitrogen functional groups attached to an aromatic ring is 1. The summed E-state index contributed by atoms with van der Waals surface area (Å²) in [6.07, 6.45) is 1.47. The number of hydrogen-bond donors (Lipinski definition) is 1. The fourth-order valence-corrected chi connectivity index (χ4v) is 2.84. The topological polar surface area (TPSA) is 119 Å². The number of thiazole rings is 1. The van der Waals surface area contributed by atoms with Gasteiger partial charge < -0.3 is 5.73 Å². The molecule has 0 unspecified atom stereocenters. The molecule has 3 rings (SSSR count). The molecule has 1 aliphatic rings. The second kappa shape index (κ2) is 4.63. The summed E-state index contributed by atoms with van der Waals surface area (Å²) >= 11 is 1.15. The lowest BCUT2D eigenvalue weighted by Gasteiger charge is -2.11. The largest absolute Gasteiger partial charge is 0.375 e. The minimum absolute atomic E-state index is 0.00162. The van der Waals surface area contributed by atoms with E-state index in [2.05, 4.69) is 4.98 Å². The monoisotopic (exact) mass is 304 g/mol. The Balaban J connectivity index is 2.01. The van der Waals surface area contributed by atoms with E-state index in [0.29, 0.717) is 10.0 Å². The minimum atomic E-state index is -0.672. The predicted octanol–water partition coefficient (Wildman–Crippen LogP) is 1.43. The molecule has 0 saturated carbocycles. The summed E-state index contributed by atoms with van der Waals surface area (Å²) in [4.78, 5) is 40.3. The first kappa shape index (κ1) is 13.2. The highest BCUT2D eigenvalue weighted by molar-refractivity contribution is 7.15. The highest BCUT2D eigenvalue weighted by Crippen LogP contribution is 2.32. The van der Waals surface area contributed by atoms with Crippen LogP contribution >= 0.6 is 11.3 Å². The van der Waals surface area contributed by atoms with Crippen molar-refractivity contribution >= 4 is 34.0 Å². The van der Waals surface area contributed by atoms with Gasteiger partial charge >= 0.3 is 0 Å². The van der Waals surface area contributed by atoms with Gasteiger partial charge in [-0.2, -0.15) is 0 Å². The number of anilines is 1. The number of carbonyl (C=O) groups excluding carboxylic acids is 2. The molecule has 9 heteroatoms. The molecule has 0 saturated heterocycles. The highest BCUT2D eigenvalue weighted by atomic mass is 32.1. The van der Waals surface area contributed by atoms with Crippen LogP contribution in [0.15, 0.2) is 24.4 Å². The molecular formula is C12H8N4O4S. The average Bonchev–Trinajstić information content (AvgIpc) is 2.96. The van der Waals surface area contributed by atoms with E-state index in [9.17, 15) is 19.7 Å². The summed E-state index contributed by atoms with van der Waals surface area (Å²) in [6.45, 7) is -0.00162. The van der Waals surface area contributed by atoms with Crippen LogP contribution in [0.3, 0.4) is 0 Å². The lowest BCUT2D eigenvalue weighted by molar-refractivity contribution is -0.385. The number of nitro benzene ring substituents is 1. The third kappa shape index (κ3) is 2.03. The molecule has 0 bridgehead atoms. The quantitative estimate of drug-likeness (QED) is 0.520. The van der Waals surface area contributed by atoms with E-state index in [0.717, 1.165) is 16.2 Å². The zero-order valence-electron chi connectivity index (χ0n) is 10.5. The van der Waals surface area contributed by atoms with Crippen LogP contribution in [-0.2, 0) is 6.54 Å². The van der Waals surface area contributed by atoms with Crippen LogP contribution in [-0.4, -0.2) is 26.6 Å². The zero-order chi connectivity index (χ0) is 15.1. The molecule has 0 aliphatic carbocycles. The molecule has 8 nitrogen and oxygen atoms in total. The second-order valence-electron chi connectivity index (χ2n) is 4.32. The van der Waals surface area contributed by atoms with E-state index >= 15 is 0 Å². The fourth-order valence-electron chi connectivity index (χ4n) is 2.16. The molecule has 0 fully saturated rings. The van der Waals surface area contributed by atoms with Crippen molar-refractivity contribution in [3.63, 3.8) is 0 Å². The van der Waals surface area contributed by atoms with Crippen molar-refractivity contribution in [1.82, 2.24) is 9.88 Å². The Morgan fingerprint density at radius 1 is 1.33 bits per heavy atom. The smallest absolute Gasteiger partial charge is 0.282 e. The van der Waals surface area contributed by atoms with E-state index in [1.54, 1.807) is 0 Å². The van der Waals surface area contributed by atoms with Crippen molar-refractivity contribution in [2.24, 2.45) is 0 Å². The summed E-state index contributed by atoms with van der Waals surface area (Å²) in [5, 5.41) is 11.3. The SMILES string of the molecule is Nc1ncc(CN2C(=O)c3cccc([N+](=O)[O-])c3C2=O)s1. The van der Waals surface area contributed by atoms with Gasteiger partial charge in [0.15, 0.2) is 5.13 Å². The maximum Gasteiger partial charge on any atom is 0.282 e. The minimum Gasteiger partial charge on any atom is -0.375 e. The number of rotatable bonds is 3. The van der Waals surface area contributed by atoms with Crippen LogP contribution in [0, 0.1) is 10.1 Å². The van der Waals surface area contributed by atoms with Gasteiger partial charge in [-0.05, 0) is 6.07 Å². The number of hydrogen-bond acceptors (Lipinski definition) is 7. The Hall–Kier alpha value is -2.81. The Bertz CT molecular complexity index is 785.